The molecule has 0 saturated carbocycles. The molecule has 0 aliphatic carbocycles. The third kappa shape index (κ3) is 3.75. The van der Waals surface area contributed by atoms with Crippen LogP contribution >= 0.6 is 12.6 Å². The number of hydrogen-bond donors (Lipinski definition) is 2. The molecule has 0 fully saturated rings. The highest BCUT2D eigenvalue weighted by Gasteiger charge is 2.33. The minimum absolute atomic E-state index is 0.228. The molecule has 1 rings (SSSR count). The van der Waals surface area contributed by atoms with E-state index in [1.165, 1.54) is 5.56 Å². The summed E-state index contributed by atoms with van der Waals surface area (Å²) >= 11 is 4.28. The molecule has 1 N–H and O–H groups in total. The van der Waals surface area contributed by atoms with Crippen molar-refractivity contribution in [2.45, 2.75) is 51.0 Å². The highest BCUT2D eigenvalue weighted by Crippen LogP contribution is 2.37. The van der Waals surface area contributed by atoms with Crippen LogP contribution in [0.25, 0.3) is 0 Å². The Balaban J connectivity index is 2.95. The molecule has 1 nitrogen and oxygen atoms in total. The second kappa shape index (κ2) is 7.07. The summed E-state index contributed by atoms with van der Waals surface area (Å²) in [5.74, 6) is 1.11. The molecular formula is C15H24OS. The average molecular weight is 252 g/mol. The van der Waals surface area contributed by atoms with Gasteiger partial charge in [-0.15, -0.1) is 0 Å². The predicted octanol–water partition coefficient (Wildman–Crippen LogP) is 4.03. The molecule has 2 heteroatoms. The molecular weight excluding hydrogens is 228 g/mol. The molecule has 1 aromatic carbocycles. The summed E-state index contributed by atoms with van der Waals surface area (Å²) in [6.45, 7) is 4.14. The first kappa shape index (κ1) is 14.6. The summed E-state index contributed by atoms with van der Waals surface area (Å²) in [4.78, 5) is 0. The van der Waals surface area contributed by atoms with Crippen molar-refractivity contribution in [1.29, 1.82) is 0 Å². The van der Waals surface area contributed by atoms with Gasteiger partial charge in [0.1, 0.15) is 0 Å². The third-order valence-corrected chi connectivity index (χ3v) is 4.04. The molecule has 17 heavy (non-hydrogen) atoms. The molecule has 1 unspecified atom stereocenters. The van der Waals surface area contributed by atoms with Crippen molar-refractivity contribution < 1.29 is 5.11 Å². The van der Waals surface area contributed by atoms with Gasteiger partial charge in [-0.05, 0) is 37.0 Å². The lowest BCUT2D eigenvalue weighted by Crippen LogP contribution is -2.35. The van der Waals surface area contributed by atoms with Crippen molar-refractivity contribution >= 4 is 12.6 Å². The van der Waals surface area contributed by atoms with Gasteiger partial charge in [0, 0.05) is 5.92 Å². The van der Waals surface area contributed by atoms with Gasteiger partial charge in [0.2, 0.25) is 0 Å². The molecule has 0 saturated heterocycles. The fourth-order valence-corrected chi connectivity index (χ4v) is 2.65. The van der Waals surface area contributed by atoms with Gasteiger partial charge < -0.3 is 5.11 Å². The number of aliphatic hydroxyl groups is 1. The van der Waals surface area contributed by atoms with Crippen LogP contribution in [0.2, 0.25) is 0 Å². The first-order valence-corrected chi connectivity index (χ1v) is 7.19. The van der Waals surface area contributed by atoms with Gasteiger partial charge in [0.15, 0.2) is 0 Å². The monoisotopic (exact) mass is 252 g/mol. The Hall–Kier alpha value is -0.470. The van der Waals surface area contributed by atoms with Gasteiger partial charge in [0.25, 0.3) is 0 Å². The zero-order valence-electron chi connectivity index (χ0n) is 10.9. The van der Waals surface area contributed by atoms with E-state index in [0.717, 1.165) is 31.4 Å². The largest absolute Gasteiger partial charge is 0.389 e. The normalized spacial score (nSPS) is 13.6. The number of rotatable bonds is 7. The smallest absolute Gasteiger partial charge is 0.0710 e. The Morgan fingerprint density at radius 2 is 1.76 bits per heavy atom. The van der Waals surface area contributed by atoms with Gasteiger partial charge >= 0.3 is 0 Å². The summed E-state index contributed by atoms with van der Waals surface area (Å²) < 4.78 is 0. The Morgan fingerprint density at radius 3 is 2.24 bits per heavy atom. The van der Waals surface area contributed by atoms with Crippen LogP contribution in [0.15, 0.2) is 30.3 Å². The van der Waals surface area contributed by atoms with Crippen LogP contribution in [0.1, 0.15) is 51.0 Å². The predicted molar refractivity (Wildman–Crippen MR) is 77.8 cm³/mol. The molecule has 96 valence electrons. The van der Waals surface area contributed by atoms with E-state index < -0.39 is 5.60 Å². The van der Waals surface area contributed by atoms with Crippen molar-refractivity contribution in [1.82, 2.24) is 0 Å². The zero-order valence-corrected chi connectivity index (χ0v) is 11.8. The zero-order chi connectivity index (χ0) is 12.7. The van der Waals surface area contributed by atoms with Gasteiger partial charge in [-0.3, -0.25) is 0 Å². The molecule has 1 aromatic rings. The van der Waals surface area contributed by atoms with Gasteiger partial charge in [0.05, 0.1) is 5.60 Å². The van der Waals surface area contributed by atoms with Crippen LogP contribution in [0.5, 0.6) is 0 Å². The van der Waals surface area contributed by atoms with E-state index in [4.69, 9.17) is 0 Å². The Labute approximate surface area is 111 Å². The van der Waals surface area contributed by atoms with Crippen LogP contribution in [0.4, 0.5) is 0 Å². The number of thiol groups is 1. The van der Waals surface area contributed by atoms with Crippen LogP contribution in [-0.4, -0.2) is 16.5 Å². The highest BCUT2D eigenvalue weighted by molar-refractivity contribution is 7.80. The first-order chi connectivity index (χ1) is 8.18. The van der Waals surface area contributed by atoms with E-state index in [1.807, 2.05) is 6.07 Å². The summed E-state index contributed by atoms with van der Waals surface area (Å²) in [6.07, 6.45) is 3.65. The molecule has 0 heterocycles. The van der Waals surface area contributed by atoms with E-state index >= 15 is 0 Å². The summed E-state index contributed by atoms with van der Waals surface area (Å²) in [6, 6.07) is 10.4. The molecule has 0 spiro atoms. The molecule has 0 radical (unpaired) electrons. The molecule has 0 aliphatic heterocycles. The highest BCUT2D eigenvalue weighted by atomic mass is 32.1. The van der Waals surface area contributed by atoms with Gasteiger partial charge in [-0.1, -0.05) is 44.2 Å². The van der Waals surface area contributed by atoms with Crippen molar-refractivity contribution in [2.75, 3.05) is 5.75 Å². The van der Waals surface area contributed by atoms with E-state index in [1.54, 1.807) is 0 Å². The van der Waals surface area contributed by atoms with Crippen molar-refractivity contribution in [3.05, 3.63) is 35.9 Å². The fourth-order valence-electron chi connectivity index (χ4n) is 2.47. The van der Waals surface area contributed by atoms with E-state index in [9.17, 15) is 5.11 Å². The summed E-state index contributed by atoms with van der Waals surface area (Å²) in [5.41, 5.74) is 0.671. The maximum atomic E-state index is 10.7. The number of benzene rings is 1. The number of hydrogen-bond acceptors (Lipinski definition) is 2. The standard InChI is InChI=1S/C15H24OS/c1-3-15(16,4-2)14(11-8-12-17)13-9-6-5-7-10-13/h5-7,9-10,14,16-17H,3-4,8,11-12H2,1-2H3. The Morgan fingerprint density at radius 1 is 1.18 bits per heavy atom. The maximum absolute atomic E-state index is 10.7. The quantitative estimate of drug-likeness (QED) is 0.702. The van der Waals surface area contributed by atoms with Crippen molar-refractivity contribution in [2.24, 2.45) is 0 Å². The minimum Gasteiger partial charge on any atom is -0.389 e. The van der Waals surface area contributed by atoms with Gasteiger partial charge in [-0.25, -0.2) is 0 Å². The van der Waals surface area contributed by atoms with Crippen LogP contribution in [-0.2, 0) is 0 Å². The SMILES string of the molecule is CCC(O)(CC)C(CCCS)c1ccccc1. The van der Waals surface area contributed by atoms with Gasteiger partial charge in [-0.2, -0.15) is 12.6 Å². The molecule has 0 aromatic heterocycles. The van der Waals surface area contributed by atoms with Crippen molar-refractivity contribution in [3.8, 4) is 0 Å². The van der Waals surface area contributed by atoms with E-state index in [2.05, 4.69) is 50.7 Å². The van der Waals surface area contributed by atoms with Crippen molar-refractivity contribution in [3.63, 3.8) is 0 Å². The Bertz CT molecular complexity index is 306. The molecule has 0 aliphatic rings. The van der Waals surface area contributed by atoms with E-state index in [0.29, 0.717) is 0 Å². The molecule has 0 bridgehead atoms. The van der Waals surface area contributed by atoms with Crippen LogP contribution < -0.4 is 0 Å². The average Bonchev–Trinajstić information content (AvgIpc) is 2.40. The lowest BCUT2D eigenvalue weighted by molar-refractivity contribution is 0.00115. The van der Waals surface area contributed by atoms with Crippen LogP contribution in [0.3, 0.4) is 0 Å². The summed E-state index contributed by atoms with van der Waals surface area (Å²) in [7, 11) is 0. The second-order valence-corrected chi connectivity index (χ2v) is 5.09. The fraction of sp³-hybridized carbons (Fsp3) is 0.600. The topological polar surface area (TPSA) is 20.2 Å². The van der Waals surface area contributed by atoms with E-state index in [-0.39, 0.29) is 5.92 Å². The maximum Gasteiger partial charge on any atom is 0.0710 e. The summed E-state index contributed by atoms with van der Waals surface area (Å²) in [5, 5.41) is 10.7. The van der Waals surface area contributed by atoms with Crippen LogP contribution in [0, 0.1) is 0 Å². The lowest BCUT2D eigenvalue weighted by atomic mass is 9.76. The third-order valence-electron chi connectivity index (χ3n) is 3.73. The minimum atomic E-state index is -0.579. The molecule has 0 amide bonds. The lowest BCUT2D eigenvalue weighted by Gasteiger charge is -2.35. The second-order valence-electron chi connectivity index (χ2n) is 4.64. The molecule has 1 atom stereocenters. The Kier molecular flexibility index (Phi) is 6.07. The first-order valence-electron chi connectivity index (χ1n) is 6.56.